The van der Waals surface area contributed by atoms with Crippen LogP contribution in [0.3, 0.4) is 0 Å². The van der Waals surface area contributed by atoms with Crippen molar-refractivity contribution in [3.63, 3.8) is 0 Å². The van der Waals surface area contributed by atoms with Gasteiger partial charge in [-0.05, 0) is 25.0 Å². The van der Waals surface area contributed by atoms with Gasteiger partial charge in [0.25, 0.3) is 0 Å². The molecule has 0 aliphatic heterocycles. The summed E-state index contributed by atoms with van der Waals surface area (Å²) in [6.07, 6.45) is -1.06. The normalized spacial score (nSPS) is 16.3. The first kappa shape index (κ1) is 18.6. The summed E-state index contributed by atoms with van der Waals surface area (Å²) in [4.78, 5) is 0. The standard InChI is InChI=1S/C20H28N2O2/c1-15(19(23)17-9-5-3-6-10-17)21-13-14-22-16(2)20(24)18-11-7-4-8-12-18/h3-12,15-16,19-24H,13-14H2,1-2H3/t15-,16-,19-,20-/m0/s1. The Kier molecular flexibility index (Phi) is 7.40. The first-order valence-electron chi connectivity index (χ1n) is 8.52. The highest BCUT2D eigenvalue weighted by molar-refractivity contribution is 5.19. The van der Waals surface area contributed by atoms with Crippen LogP contribution in [-0.2, 0) is 0 Å². The van der Waals surface area contributed by atoms with E-state index in [0.29, 0.717) is 0 Å². The molecule has 0 saturated carbocycles. The van der Waals surface area contributed by atoms with Gasteiger partial charge in [-0.15, -0.1) is 0 Å². The summed E-state index contributed by atoms with van der Waals surface area (Å²) in [6.45, 7) is 5.38. The lowest BCUT2D eigenvalue weighted by Crippen LogP contribution is -2.40. The zero-order valence-corrected chi connectivity index (χ0v) is 14.4. The van der Waals surface area contributed by atoms with Crippen LogP contribution in [-0.4, -0.2) is 35.4 Å². The van der Waals surface area contributed by atoms with E-state index in [1.807, 2.05) is 74.5 Å². The summed E-state index contributed by atoms with van der Waals surface area (Å²) in [6, 6.07) is 19.2. The lowest BCUT2D eigenvalue weighted by molar-refractivity contribution is 0.129. The Morgan fingerprint density at radius 1 is 0.667 bits per heavy atom. The molecule has 2 aromatic carbocycles. The fraction of sp³-hybridized carbons (Fsp3) is 0.400. The quantitative estimate of drug-likeness (QED) is 0.534. The van der Waals surface area contributed by atoms with Crippen molar-refractivity contribution in [2.24, 2.45) is 0 Å². The molecule has 2 aromatic rings. The predicted octanol–water partition coefficient (Wildman–Crippen LogP) is 2.41. The van der Waals surface area contributed by atoms with Gasteiger partial charge in [-0.2, -0.15) is 0 Å². The van der Waals surface area contributed by atoms with Crippen LogP contribution in [0.15, 0.2) is 60.7 Å². The molecule has 0 aromatic heterocycles. The molecule has 0 heterocycles. The van der Waals surface area contributed by atoms with E-state index < -0.39 is 12.2 Å². The first-order chi connectivity index (χ1) is 11.6. The van der Waals surface area contributed by atoms with Gasteiger partial charge >= 0.3 is 0 Å². The van der Waals surface area contributed by atoms with Gasteiger partial charge in [0, 0.05) is 25.2 Å². The molecule has 4 heteroatoms. The molecule has 0 aliphatic carbocycles. The molecule has 130 valence electrons. The van der Waals surface area contributed by atoms with Gasteiger partial charge in [0.05, 0.1) is 12.2 Å². The number of aliphatic hydroxyl groups is 2. The zero-order chi connectivity index (χ0) is 17.4. The van der Waals surface area contributed by atoms with Gasteiger partial charge in [-0.3, -0.25) is 0 Å². The number of hydrogen-bond donors (Lipinski definition) is 4. The third-order valence-electron chi connectivity index (χ3n) is 4.29. The van der Waals surface area contributed by atoms with Gasteiger partial charge in [0.15, 0.2) is 0 Å². The highest BCUT2D eigenvalue weighted by atomic mass is 16.3. The SMILES string of the molecule is C[C@H](NCCN[C@@H](C)[C@H](O)c1ccccc1)[C@H](O)c1ccccc1. The fourth-order valence-electron chi connectivity index (χ4n) is 2.70. The third-order valence-corrected chi connectivity index (χ3v) is 4.29. The molecule has 4 N–H and O–H groups in total. The molecule has 0 radical (unpaired) electrons. The summed E-state index contributed by atoms with van der Waals surface area (Å²) in [5.41, 5.74) is 1.83. The highest BCUT2D eigenvalue weighted by Gasteiger charge is 2.17. The monoisotopic (exact) mass is 328 g/mol. The van der Waals surface area contributed by atoms with Crippen molar-refractivity contribution in [1.82, 2.24) is 10.6 Å². The van der Waals surface area contributed by atoms with E-state index >= 15 is 0 Å². The molecule has 2 rings (SSSR count). The lowest BCUT2D eigenvalue weighted by Gasteiger charge is -2.23. The average molecular weight is 328 g/mol. The molecule has 0 unspecified atom stereocenters. The van der Waals surface area contributed by atoms with E-state index in [4.69, 9.17) is 0 Å². The van der Waals surface area contributed by atoms with Crippen LogP contribution in [0.1, 0.15) is 37.2 Å². The second-order valence-electron chi connectivity index (χ2n) is 6.20. The van der Waals surface area contributed by atoms with Crippen LogP contribution in [0.4, 0.5) is 0 Å². The second-order valence-corrected chi connectivity index (χ2v) is 6.20. The molecule has 0 fully saturated rings. The van der Waals surface area contributed by atoms with Gasteiger partial charge < -0.3 is 20.8 Å². The molecule has 24 heavy (non-hydrogen) atoms. The molecule has 0 saturated heterocycles. The van der Waals surface area contributed by atoms with E-state index in [2.05, 4.69) is 10.6 Å². The first-order valence-corrected chi connectivity index (χ1v) is 8.52. The number of hydrogen-bond acceptors (Lipinski definition) is 4. The Morgan fingerprint density at radius 3 is 1.33 bits per heavy atom. The fourth-order valence-corrected chi connectivity index (χ4v) is 2.70. The van der Waals surface area contributed by atoms with Crippen LogP contribution in [0, 0.1) is 0 Å². The number of benzene rings is 2. The Bertz CT molecular complexity index is 523. The van der Waals surface area contributed by atoms with Gasteiger partial charge in [0.1, 0.15) is 0 Å². The smallest absolute Gasteiger partial charge is 0.0940 e. The van der Waals surface area contributed by atoms with E-state index in [1.165, 1.54) is 0 Å². The summed E-state index contributed by atoms with van der Waals surface area (Å²) in [5, 5.41) is 27.3. The van der Waals surface area contributed by atoms with E-state index in [0.717, 1.165) is 24.2 Å². The maximum Gasteiger partial charge on any atom is 0.0940 e. The van der Waals surface area contributed by atoms with Crippen LogP contribution in [0.2, 0.25) is 0 Å². The number of aliphatic hydroxyl groups excluding tert-OH is 2. The predicted molar refractivity (Wildman–Crippen MR) is 97.7 cm³/mol. The lowest BCUT2D eigenvalue weighted by atomic mass is 10.0. The van der Waals surface area contributed by atoms with E-state index in [9.17, 15) is 10.2 Å². The second kappa shape index (κ2) is 9.55. The molecule has 4 nitrogen and oxygen atoms in total. The van der Waals surface area contributed by atoms with Crippen LogP contribution in [0.5, 0.6) is 0 Å². The Morgan fingerprint density at radius 2 is 1.00 bits per heavy atom. The number of nitrogens with one attached hydrogen (secondary N) is 2. The summed E-state index contributed by atoms with van der Waals surface area (Å²) in [5.74, 6) is 0. The minimum Gasteiger partial charge on any atom is -0.387 e. The molecule has 0 amide bonds. The van der Waals surface area contributed by atoms with Crippen molar-refractivity contribution >= 4 is 0 Å². The summed E-state index contributed by atoms with van der Waals surface area (Å²) in [7, 11) is 0. The largest absolute Gasteiger partial charge is 0.387 e. The van der Waals surface area contributed by atoms with Gasteiger partial charge in [-0.1, -0.05) is 60.7 Å². The molecule has 0 aliphatic rings. The van der Waals surface area contributed by atoms with Crippen molar-refractivity contribution in [1.29, 1.82) is 0 Å². The van der Waals surface area contributed by atoms with E-state index in [-0.39, 0.29) is 12.1 Å². The third kappa shape index (κ3) is 5.42. The summed E-state index contributed by atoms with van der Waals surface area (Å²) >= 11 is 0. The maximum absolute atomic E-state index is 10.3. The van der Waals surface area contributed by atoms with Crippen LogP contribution >= 0.6 is 0 Å². The van der Waals surface area contributed by atoms with Crippen molar-refractivity contribution in [2.75, 3.05) is 13.1 Å². The molecular weight excluding hydrogens is 300 g/mol. The Balaban J connectivity index is 1.70. The van der Waals surface area contributed by atoms with Gasteiger partial charge in [-0.25, -0.2) is 0 Å². The highest BCUT2D eigenvalue weighted by Crippen LogP contribution is 2.16. The molecule has 4 atom stereocenters. The maximum atomic E-state index is 10.3. The van der Waals surface area contributed by atoms with Crippen LogP contribution in [0.25, 0.3) is 0 Å². The van der Waals surface area contributed by atoms with Gasteiger partial charge in [0.2, 0.25) is 0 Å². The average Bonchev–Trinajstić information content (AvgIpc) is 2.65. The molecule has 0 bridgehead atoms. The number of rotatable bonds is 9. The summed E-state index contributed by atoms with van der Waals surface area (Å²) < 4.78 is 0. The van der Waals surface area contributed by atoms with E-state index in [1.54, 1.807) is 0 Å². The van der Waals surface area contributed by atoms with Crippen molar-refractivity contribution in [2.45, 2.75) is 38.1 Å². The minimum absolute atomic E-state index is 0.0384. The zero-order valence-electron chi connectivity index (χ0n) is 14.4. The molecule has 0 spiro atoms. The Hall–Kier alpha value is -1.72. The Labute approximate surface area is 144 Å². The minimum atomic E-state index is -0.529. The van der Waals surface area contributed by atoms with Crippen LogP contribution < -0.4 is 10.6 Å². The topological polar surface area (TPSA) is 64.5 Å². The molecular formula is C20H28N2O2. The van der Waals surface area contributed by atoms with Crippen molar-refractivity contribution in [3.8, 4) is 0 Å². The van der Waals surface area contributed by atoms with Crippen molar-refractivity contribution in [3.05, 3.63) is 71.8 Å². The van der Waals surface area contributed by atoms with Crippen molar-refractivity contribution < 1.29 is 10.2 Å².